The van der Waals surface area contributed by atoms with Crippen LogP contribution in [-0.4, -0.2) is 38.7 Å². The molecule has 1 saturated heterocycles. The quantitative estimate of drug-likeness (QED) is 0.663. The van der Waals surface area contributed by atoms with Gasteiger partial charge in [0.1, 0.15) is 17.1 Å². The molecule has 122 valence electrons. The predicted octanol–water partition coefficient (Wildman–Crippen LogP) is 1.56. The first kappa shape index (κ1) is 15.5. The second-order valence-electron chi connectivity index (χ2n) is 5.92. The molecule has 1 aliphatic rings. The number of anilines is 1. The van der Waals surface area contributed by atoms with Crippen molar-refractivity contribution in [3.8, 4) is 0 Å². The van der Waals surface area contributed by atoms with Crippen molar-refractivity contribution in [2.45, 2.75) is 32.6 Å². The highest BCUT2D eigenvalue weighted by Gasteiger charge is 2.18. The molecule has 0 unspecified atom stereocenters. The van der Waals surface area contributed by atoms with Crippen LogP contribution in [0.4, 0.5) is 5.95 Å². The maximum atomic E-state index is 8.04. The summed E-state index contributed by atoms with van der Waals surface area (Å²) in [7, 11) is 1.91. The van der Waals surface area contributed by atoms with E-state index in [9.17, 15) is 0 Å². The molecule has 0 aromatic carbocycles. The Morgan fingerprint density at radius 1 is 1.35 bits per heavy atom. The van der Waals surface area contributed by atoms with E-state index in [1.807, 2.05) is 36.9 Å². The highest BCUT2D eigenvalue weighted by Crippen LogP contribution is 2.16. The third-order valence-electron chi connectivity index (χ3n) is 4.00. The molecule has 3 rings (SSSR count). The Bertz CT molecular complexity index is 750. The first-order valence-electron chi connectivity index (χ1n) is 8.05. The van der Waals surface area contributed by atoms with Crippen LogP contribution < -0.4 is 10.4 Å². The maximum Gasteiger partial charge on any atom is 0.244 e. The number of pyridine rings is 1. The van der Waals surface area contributed by atoms with Crippen LogP contribution in [0.1, 0.15) is 30.8 Å². The van der Waals surface area contributed by atoms with Gasteiger partial charge < -0.3 is 9.88 Å². The van der Waals surface area contributed by atoms with Gasteiger partial charge >= 0.3 is 0 Å². The molecule has 0 atom stereocenters. The smallest absolute Gasteiger partial charge is 0.244 e. The maximum absolute atomic E-state index is 8.04. The summed E-state index contributed by atoms with van der Waals surface area (Å²) in [5, 5.41) is 12.5. The van der Waals surface area contributed by atoms with E-state index in [2.05, 4.69) is 25.0 Å². The third kappa shape index (κ3) is 3.85. The summed E-state index contributed by atoms with van der Waals surface area (Å²) < 4.78 is 1.82. The molecule has 2 N–H and O–H groups in total. The number of rotatable bonds is 4. The summed E-state index contributed by atoms with van der Waals surface area (Å²) in [6.45, 7) is 4.05. The summed E-state index contributed by atoms with van der Waals surface area (Å²) in [4.78, 5) is 14.3. The van der Waals surface area contributed by atoms with Crippen molar-refractivity contribution in [3.63, 3.8) is 0 Å². The zero-order valence-corrected chi connectivity index (χ0v) is 13.7. The summed E-state index contributed by atoms with van der Waals surface area (Å²) in [5.74, 6) is 2.06. The van der Waals surface area contributed by atoms with Crippen molar-refractivity contribution in [3.05, 3.63) is 35.2 Å². The van der Waals surface area contributed by atoms with E-state index in [0.29, 0.717) is 24.2 Å². The van der Waals surface area contributed by atoms with E-state index in [-0.39, 0.29) is 0 Å². The highest BCUT2D eigenvalue weighted by atomic mass is 15.4. The van der Waals surface area contributed by atoms with Crippen LogP contribution in [-0.2, 0) is 13.5 Å². The number of aromatic amines is 1. The van der Waals surface area contributed by atoms with Crippen LogP contribution in [0.25, 0.3) is 0 Å². The van der Waals surface area contributed by atoms with E-state index in [1.165, 1.54) is 12.8 Å². The minimum absolute atomic E-state index is 0.345. The minimum atomic E-state index is 0.345. The largest absolute Gasteiger partial charge is 0.344 e. The Hall–Kier alpha value is -2.44. The molecule has 3 heterocycles. The molecule has 2 aromatic heterocycles. The van der Waals surface area contributed by atoms with E-state index in [4.69, 9.17) is 5.41 Å². The van der Waals surface area contributed by atoms with Gasteiger partial charge in [0.25, 0.3) is 0 Å². The van der Waals surface area contributed by atoms with Crippen molar-refractivity contribution in [1.29, 1.82) is 5.41 Å². The molecule has 0 spiro atoms. The van der Waals surface area contributed by atoms with E-state index < -0.39 is 0 Å². The fourth-order valence-corrected chi connectivity index (χ4v) is 2.74. The zero-order valence-electron chi connectivity index (χ0n) is 13.7. The molecule has 7 nitrogen and oxygen atoms in total. The number of nitrogens with zero attached hydrogens (tertiary/aromatic N) is 5. The lowest BCUT2D eigenvalue weighted by Crippen LogP contribution is -2.19. The van der Waals surface area contributed by atoms with Crippen molar-refractivity contribution in [1.82, 2.24) is 19.7 Å². The van der Waals surface area contributed by atoms with Crippen molar-refractivity contribution in [2.24, 2.45) is 12.0 Å². The van der Waals surface area contributed by atoms with Gasteiger partial charge in [0, 0.05) is 38.7 Å². The standard InChI is InChI=1S/C16H23N7/c1-12-6-5-7-14(18-12)19-13(17)8-9-15-20-16(21-22(15)2)23-10-3-4-11-23/h5-7H,3-4,8-11H2,1-2H3,(H2,17,18,19). The van der Waals surface area contributed by atoms with Crippen molar-refractivity contribution >= 4 is 11.8 Å². The first-order chi connectivity index (χ1) is 11.1. The second-order valence-corrected chi connectivity index (χ2v) is 5.92. The van der Waals surface area contributed by atoms with Gasteiger partial charge in [-0.25, -0.2) is 4.99 Å². The number of nitrogens with one attached hydrogen (secondary N) is 2. The summed E-state index contributed by atoms with van der Waals surface area (Å²) in [6.07, 6.45) is 3.65. The first-order valence-corrected chi connectivity index (χ1v) is 8.05. The number of aromatic nitrogens is 4. The van der Waals surface area contributed by atoms with Gasteiger partial charge in [0.05, 0.1) is 0 Å². The van der Waals surface area contributed by atoms with Gasteiger partial charge in [-0.2, -0.15) is 4.98 Å². The Kier molecular flexibility index (Phi) is 4.55. The fraction of sp³-hybridized carbons (Fsp3) is 0.500. The SMILES string of the molecule is Cc1ccc/c(=N/C(=N)CCc2nc(N3CCCC3)nn2C)[nH]1. The van der Waals surface area contributed by atoms with Gasteiger partial charge in [0.2, 0.25) is 5.95 Å². The van der Waals surface area contributed by atoms with Crippen LogP contribution >= 0.6 is 0 Å². The second kappa shape index (κ2) is 6.76. The minimum Gasteiger partial charge on any atom is -0.344 e. The molecule has 1 fully saturated rings. The number of hydrogen-bond donors (Lipinski definition) is 2. The fourth-order valence-electron chi connectivity index (χ4n) is 2.74. The van der Waals surface area contributed by atoms with Gasteiger partial charge in [-0.05, 0) is 31.9 Å². The number of aryl methyl sites for hydroxylation is 3. The summed E-state index contributed by atoms with van der Waals surface area (Å²) in [5.41, 5.74) is 1.74. The number of amidine groups is 1. The molecule has 0 radical (unpaired) electrons. The average molecular weight is 313 g/mol. The summed E-state index contributed by atoms with van der Waals surface area (Å²) >= 11 is 0. The van der Waals surface area contributed by atoms with Crippen LogP contribution in [0.5, 0.6) is 0 Å². The zero-order chi connectivity index (χ0) is 16.2. The van der Waals surface area contributed by atoms with Gasteiger partial charge in [0.15, 0.2) is 0 Å². The van der Waals surface area contributed by atoms with Crippen LogP contribution in [0.2, 0.25) is 0 Å². The molecule has 1 aliphatic heterocycles. The van der Waals surface area contributed by atoms with E-state index >= 15 is 0 Å². The molecule has 0 amide bonds. The van der Waals surface area contributed by atoms with Crippen LogP contribution in [0.15, 0.2) is 23.2 Å². The third-order valence-corrected chi connectivity index (χ3v) is 4.00. The monoisotopic (exact) mass is 313 g/mol. The van der Waals surface area contributed by atoms with E-state index in [1.54, 1.807) is 0 Å². The lowest BCUT2D eigenvalue weighted by Gasteiger charge is -2.10. The average Bonchev–Trinajstić information content (AvgIpc) is 3.14. The molecule has 7 heteroatoms. The lowest BCUT2D eigenvalue weighted by atomic mass is 10.3. The molecule has 0 saturated carbocycles. The number of H-pyrrole nitrogens is 1. The molecule has 0 bridgehead atoms. The van der Waals surface area contributed by atoms with Crippen LogP contribution in [0, 0.1) is 12.3 Å². The lowest BCUT2D eigenvalue weighted by molar-refractivity contribution is 0.697. The Balaban J connectivity index is 1.64. The van der Waals surface area contributed by atoms with Gasteiger partial charge in [-0.15, -0.1) is 5.10 Å². The van der Waals surface area contributed by atoms with Crippen molar-refractivity contribution < 1.29 is 0 Å². The Labute approximate surface area is 135 Å². The number of hydrogen-bond acceptors (Lipinski definition) is 4. The molecule has 0 aliphatic carbocycles. The predicted molar refractivity (Wildman–Crippen MR) is 89.6 cm³/mol. The molecular weight excluding hydrogens is 290 g/mol. The van der Waals surface area contributed by atoms with Gasteiger partial charge in [-0.3, -0.25) is 10.1 Å². The molecule has 2 aromatic rings. The topological polar surface area (TPSA) is 85.9 Å². The van der Waals surface area contributed by atoms with Crippen molar-refractivity contribution in [2.75, 3.05) is 18.0 Å². The Morgan fingerprint density at radius 2 is 2.13 bits per heavy atom. The van der Waals surface area contributed by atoms with Crippen LogP contribution in [0.3, 0.4) is 0 Å². The molecular formula is C16H23N7. The van der Waals surface area contributed by atoms with E-state index in [0.717, 1.165) is 30.6 Å². The highest BCUT2D eigenvalue weighted by molar-refractivity contribution is 5.79. The normalized spacial score (nSPS) is 15.4. The summed E-state index contributed by atoms with van der Waals surface area (Å²) in [6, 6.07) is 5.78. The van der Waals surface area contributed by atoms with Gasteiger partial charge in [-0.1, -0.05) is 6.07 Å². The Morgan fingerprint density at radius 3 is 2.87 bits per heavy atom. The molecule has 23 heavy (non-hydrogen) atoms.